The highest BCUT2D eigenvalue weighted by atomic mass is 79.9. The molecule has 0 radical (unpaired) electrons. The van der Waals surface area contributed by atoms with Gasteiger partial charge in [-0.15, -0.1) is 11.3 Å². The van der Waals surface area contributed by atoms with Gasteiger partial charge in [0, 0.05) is 9.35 Å². The summed E-state index contributed by atoms with van der Waals surface area (Å²) in [6.07, 6.45) is 0. The molecule has 0 amide bonds. The van der Waals surface area contributed by atoms with Crippen molar-refractivity contribution in [3.8, 4) is 0 Å². The maximum absolute atomic E-state index is 6.23. The Morgan fingerprint density at radius 1 is 1.29 bits per heavy atom. The summed E-state index contributed by atoms with van der Waals surface area (Å²) in [7, 11) is 0. The smallest absolute Gasteiger partial charge is 0.0888 e. The first-order valence-corrected chi connectivity index (χ1v) is 7.73. The third-order valence-electron chi connectivity index (χ3n) is 2.51. The Labute approximate surface area is 126 Å². The molecule has 0 fully saturated rings. The van der Waals surface area contributed by atoms with Gasteiger partial charge in [-0.3, -0.25) is 0 Å². The van der Waals surface area contributed by atoms with Crippen molar-refractivity contribution in [3.63, 3.8) is 0 Å². The second-order valence-electron chi connectivity index (χ2n) is 3.76. The third-order valence-corrected chi connectivity index (χ3v) is 5.96. The van der Waals surface area contributed by atoms with Gasteiger partial charge in [0.15, 0.2) is 0 Å². The van der Waals surface area contributed by atoms with Gasteiger partial charge in [0.05, 0.1) is 14.9 Å². The second kappa shape index (κ2) is 5.41. The van der Waals surface area contributed by atoms with Crippen molar-refractivity contribution in [2.45, 2.75) is 13.0 Å². The molecule has 0 bridgehead atoms. The molecule has 1 aromatic carbocycles. The Morgan fingerprint density at radius 3 is 2.53 bits per heavy atom. The summed E-state index contributed by atoms with van der Waals surface area (Å²) in [6.45, 7) is 2.05. The number of hydrogen-bond donors (Lipinski definition) is 1. The van der Waals surface area contributed by atoms with Gasteiger partial charge in [-0.2, -0.15) is 0 Å². The fraction of sp³-hybridized carbons (Fsp3) is 0.167. The summed E-state index contributed by atoms with van der Waals surface area (Å²) < 4.78 is 2.03. The zero-order valence-electron chi connectivity index (χ0n) is 9.01. The molecule has 5 heteroatoms. The van der Waals surface area contributed by atoms with Crippen molar-refractivity contribution in [1.82, 2.24) is 0 Å². The molecule has 2 N–H and O–H groups in total. The quantitative estimate of drug-likeness (QED) is 0.735. The van der Waals surface area contributed by atoms with Crippen molar-refractivity contribution in [2.75, 3.05) is 0 Å². The van der Waals surface area contributed by atoms with E-state index in [4.69, 9.17) is 17.3 Å². The average Bonchev–Trinajstić information content (AvgIpc) is 2.62. The number of halogens is 3. The Kier molecular flexibility index (Phi) is 4.31. The molecule has 1 atom stereocenters. The molecule has 17 heavy (non-hydrogen) atoms. The van der Waals surface area contributed by atoms with Crippen LogP contribution in [0.2, 0.25) is 5.02 Å². The molecule has 0 saturated heterocycles. The van der Waals surface area contributed by atoms with Gasteiger partial charge >= 0.3 is 0 Å². The van der Waals surface area contributed by atoms with Crippen LogP contribution in [0.4, 0.5) is 0 Å². The molecule has 1 nitrogen and oxygen atoms in total. The zero-order chi connectivity index (χ0) is 12.6. The molecular formula is C12H10Br2ClNS. The largest absolute Gasteiger partial charge is 0.320 e. The maximum Gasteiger partial charge on any atom is 0.0888 e. The first kappa shape index (κ1) is 13.6. The van der Waals surface area contributed by atoms with Gasteiger partial charge in [-0.1, -0.05) is 39.7 Å². The van der Waals surface area contributed by atoms with Gasteiger partial charge in [0.25, 0.3) is 0 Å². The second-order valence-corrected chi connectivity index (χ2v) is 7.42. The summed E-state index contributed by atoms with van der Waals surface area (Å²) in [5.74, 6) is 0. The van der Waals surface area contributed by atoms with E-state index in [1.807, 2.05) is 18.2 Å². The average molecular weight is 396 g/mol. The Hall–Kier alpha value is 0.130. The number of thiophene rings is 1. The lowest BCUT2D eigenvalue weighted by Gasteiger charge is -2.11. The van der Waals surface area contributed by atoms with Crippen LogP contribution in [-0.4, -0.2) is 0 Å². The van der Waals surface area contributed by atoms with Crippen LogP contribution in [0.25, 0.3) is 0 Å². The minimum Gasteiger partial charge on any atom is -0.320 e. The Bertz CT molecular complexity index is 534. The molecule has 0 spiro atoms. The lowest BCUT2D eigenvalue weighted by molar-refractivity contribution is 0.891. The van der Waals surface area contributed by atoms with Crippen LogP contribution in [0.5, 0.6) is 0 Å². The van der Waals surface area contributed by atoms with Crippen LogP contribution in [0.3, 0.4) is 0 Å². The van der Waals surface area contributed by atoms with E-state index in [1.54, 1.807) is 11.3 Å². The van der Waals surface area contributed by atoms with Crippen LogP contribution in [0.1, 0.15) is 22.0 Å². The van der Waals surface area contributed by atoms with Crippen molar-refractivity contribution in [1.29, 1.82) is 0 Å². The molecule has 1 heterocycles. The van der Waals surface area contributed by atoms with Gasteiger partial charge < -0.3 is 5.73 Å². The standard InChI is InChI=1S/C12H10Br2ClNS/c1-6-4-7(2-3-8(6)13)11(16)10-5-9(15)12(14)17-10/h2-5,11H,16H2,1H3. The van der Waals surface area contributed by atoms with Crippen LogP contribution >= 0.6 is 54.8 Å². The molecule has 90 valence electrons. The van der Waals surface area contributed by atoms with E-state index in [1.165, 1.54) is 5.56 Å². The number of aryl methyl sites for hydroxylation is 1. The first-order valence-electron chi connectivity index (χ1n) is 4.95. The molecule has 0 aliphatic rings. The SMILES string of the molecule is Cc1cc(C(N)c2cc(Cl)c(Br)s2)ccc1Br. The van der Waals surface area contributed by atoms with Crippen LogP contribution in [0.15, 0.2) is 32.5 Å². The Balaban J connectivity index is 2.36. The van der Waals surface area contributed by atoms with Crippen LogP contribution in [0, 0.1) is 6.92 Å². The van der Waals surface area contributed by atoms with E-state index in [0.29, 0.717) is 5.02 Å². The minimum atomic E-state index is -0.129. The lowest BCUT2D eigenvalue weighted by Crippen LogP contribution is -2.10. The molecular weight excluding hydrogens is 385 g/mol. The van der Waals surface area contributed by atoms with Gasteiger partial charge in [-0.25, -0.2) is 0 Å². The highest BCUT2D eigenvalue weighted by Gasteiger charge is 2.14. The van der Waals surface area contributed by atoms with Crippen LogP contribution < -0.4 is 5.73 Å². The van der Waals surface area contributed by atoms with Crippen LogP contribution in [-0.2, 0) is 0 Å². The minimum absolute atomic E-state index is 0.129. The van der Waals surface area contributed by atoms with E-state index in [-0.39, 0.29) is 6.04 Å². The summed E-state index contributed by atoms with van der Waals surface area (Å²) >= 11 is 14.5. The number of hydrogen-bond acceptors (Lipinski definition) is 2. The van der Waals surface area contributed by atoms with Crippen molar-refractivity contribution in [2.24, 2.45) is 5.73 Å². The summed E-state index contributed by atoms with van der Waals surface area (Å²) in [5, 5.41) is 0.717. The molecule has 1 aromatic heterocycles. The van der Waals surface area contributed by atoms with Gasteiger partial charge in [-0.05, 0) is 46.1 Å². The predicted molar refractivity (Wildman–Crippen MR) is 81.9 cm³/mol. The summed E-state index contributed by atoms with van der Waals surface area (Å²) in [4.78, 5) is 1.06. The first-order chi connectivity index (χ1) is 7.99. The monoisotopic (exact) mass is 393 g/mol. The van der Waals surface area contributed by atoms with E-state index >= 15 is 0 Å². The zero-order valence-corrected chi connectivity index (χ0v) is 13.8. The number of benzene rings is 1. The molecule has 2 aromatic rings. The summed E-state index contributed by atoms with van der Waals surface area (Å²) in [6, 6.07) is 7.93. The van der Waals surface area contributed by atoms with E-state index in [2.05, 4.69) is 44.8 Å². The van der Waals surface area contributed by atoms with Crippen molar-refractivity contribution < 1.29 is 0 Å². The summed E-state index contributed by atoms with van der Waals surface area (Å²) in [5.41, 5.74) is 8.51. The third kappa shape index (κ3) is 2.93. The number of rotatable bonds is 2. The molecule has 0 saturated carbocycles. The normalized spacial score (nSPS) is 12.8. The Morgan fingerprint density at radius 2 is 2.00 bits per heavy atom. The van der Waals surface area contributed by atoms with Crippen molar-refractivity contribution >= 4 is 54.8 Å². The maximum atomic E-state index is 6.23. The number of nitrogens with two attached hydrogens (primary N) is 1. The molecule has 2 rings (SSSR count). The van der Waals surface area contributed by atoms with Crippen molar-refractivity contribution in [3.05, 3.63) is 53.6 Å². The highest BCUT2D eigenvalue weighted by molar-refractivity contribution is 9.11. The van der Waals surface area contributed by atoms with Gasteiger partial charge in [0.2, 0.25) is 0 Å². The highest BCUT2D eigenvalue weighted by Crippen LogP contribution is 2.36. The predicted octanol–water partition coefficient (Wildman–Crippen LogP) is 5.28. The van der Waals surface area contributed by atoms with Gasteiger partial charge in [0.1, 0.15) is 0 Å². The lowest BCUT2D eigenvalue weighted by atomic mass is 10.0. The van der Waals surface area contributed by atoms with E-state index in [9.17, 15) is 0 Å². The molecule has 1 unspecified atom stereocenters. The fourth-order valence-electron chi connectivity index (χ4n) is 1.54. The van der Waals surface area contributed by atoms with E-state index in [0.717, 1.165) is 18.7 Å². The topological polar surface area (TPSA) is 26.0 Å². The molecule has 0 aliphatic heterocycles. The molecule has 0 aliphatic carbocycles. The fourth-order valence-corrected chi connectivity index (χ4v) is 3.57. The van der Waals surface area contributed by atoms with E-state index < -0.39 is 0 Å².